The second kappa shape index (κ2) is 11.8. The molecule has 0 spiro atoms. The molecule has 1 aromatic carbocycles. The van der Waals surface area contributed by atoms with E-state index in [0.29, 0.717) is 10.6 Å². The van der Waals surface area contributed by atoms with E-state index in [1.165, 1.54) is 0 Å². The van der Waals surface area contributed by atoms with Gasteiger partial charge in [0.05, 0.1) is 13.0 Å². The van der Waals surface area contributed by atoms with Crippen molar-refractivity contribution in [3.63, 3.8) is 0 Å². The number of carbonyl (C=O) groups is 2. The molecule has 1 amide bonds. The minimum Gasteiger partial charge on any atom is -0.466 e. The first-order valence-electron chi connectivity index (χ1n) is 12.0. The Hall–Kier alpha value is -1.73. The molecule has 1 aromatic rings. The molecular weight excluding hydrogens is 464 g/mol. The zero-order valence-electron chi connectivity index (χ0n) is 20.7. The molecule has 0 radical (unpaired) electrons. The lowest BCUT2D eigenvalue weighted by molar-refractivity contribution is -0.143. The van der Waals surface area contributed by atoms with Crippen molar-refractivity contribution in [1.82, 2.24) is 5.32 Å². The first-order valence-corrected chi connectivity index (χ1v) is 12.4. The fourth-order valence-electron chi connectivity index (χ4n) is 4.68. The Bertz CT molecular complexity index is 856. The van der Waals surface area contributed by atoms with Gasteiger partial charge < -0.3 is 15.2 Å². The molecule has 2 unspecified atom stereocenters. The molecule has 0 saturated heterocycles. The summed E-state index contributed by atoms with van der Waals surface area (Å²) in [6, 6.07) is 5.55. The molecular formula is C26H38ClF2NO4. The van der Waals surface area contributed by atoms with E-state index in [-0.39, 0.29) is 50.2 Å². The number of amides is 1. The molecule has 1 aliphatic rings. The van der Waals surface area contributed by atoms with Crippen LogP contribution >= 0.6 is 11.6 Å². The zero-order valence-corrected chi connectivity index (χ0v) is 21.4. The molecule has 5 nitrogen and oxygen atoms in total. The monoisotopic (exact) mass is 501 g/mol. The molecule has 0 bridgehead atoms. The van der Waals surface area contributed by atoms with Crippen LogP contribution in [0.1, 0.15) is 77.3 Å². The van der Waals surface area contributed by atoms with Crippen molar-refractivity contribution < 1.29 is 28.2 Å². The average Bonchev–Trinajstić information content (AvgIpc) is 2.73. The van der Waals surface area contributed by atoms with Crippen molar-refractivity contribution in [3.8, 4) is 0 Å². The Labute approximate surface area is 206 Å². The standard InChI is InChI=1S/C26H38ClF2NO4/c1-5-34-23(33)9-13-30-22(32)16-25(11-12-26(28,29)15-20(25)17-31)19-7-6-18(21(27)14-19)8-10-24(2,3)4/h6-7,14,20,31H,5,8-13,15-17H2,1-4H3,(H,30,32). The maximum absolute atomic E-state index is 14.3. The number of hydrogen-bond acceptors (Lipinski definition) is 4. The lowest BCUT2D eigenvalue weighted by atomic mass is 9.60. The van der Waals surface area contributed by atoms with Gasteiger partial charge in [-0.2, -0.15) is 0 Å². The summed E-state index contributed by atoms with van der Waals surface area (Å²) in [5, 5.41) is 13.3. The van der Waals surface area contributed by atoms with Gasteiger partial charge in [0, 0.05) is 42.9 Å². The van der Waals surface area contributed by atoms with E-state index in [9.17, 15) is 23.5 Å². The van der Waals surface area contributed by atoms with Gasteiger partial charge in [-0.25, -0.2) is 8.78 Å². The SMILES string of the molecule is CCOC(=O)CCNC(=O)CC1(c2ccc(CCC(C)(C)C)c(Cl)c2)CCC(F)(F)CC1CO. The molecule has 34 heavy (non-hydrogen) atoms. The molecule has 1 fully saturated rings. The summed E-state index contributed by atoms with van der Waals surface area (Å²) in [5.41, 5.74) is 0.821. The first kappa shape index (κ1) is 28.5. The van der Waals surface area contributed by atoms with Crippen LogP contribution in [-0.4, -0.2) is 42.7 Å². The van der Waals surface area contributed by atoms with Crippen LogP contribution in [-0.2, 0) is 26.2 Å². The third kappa shape index (κ3) is 7.91. The number of aliphatic hydroxyl groups is 1. The number of halogens is 3. The van der Waals surface area contributed by atoms with Gasteiger partial charge in [-0.3, -0.25) is 9.59 Å². The second-order valence-corrected chi connectivity index (χ2v) is 11.0. The minimum atomic E-state index is -2.90. The summed E-state index contributed by atoms with van der Waals surface area (Å²) in [5.74, 6) is -4.47. The number of hydrogen-bond donors (Lipinski definition) is 2. The molecule has 1 aliphatic carbocycles. The zero-order chi connectivity index (χ0) is 25.6. The van der Waals surface area contributed by atoms with Crippen LogP contribution in [0.3, 0.4) is 0 Å². The summed E-state index contributed by atoms with van der Waals surface area (Å²) < 4.78 is 33.4. The smallest absolute Gasteiger partial charge is 0.307 e. The number of aliphatic hydroxyl groups excluding tert-OH is 1. The van der Waals surface area contributed by atoms with Gasteiger partial charge >= 0.3 is 5.97 Å². The fourth-order valence-corrected chi connectivity index (χ4v) is 4.95. The van der Waals surface area contributed by atoms with E-state index >= 15 is 0 Å². The normalized spacial score (nSPS) is 22.3. The molecule has 2 N–H and O–H groups in total. The predicted molar refractivity (Wildman–Crippen MR) is 129 cm³/mol. The van der Waals surface area contributed by atoms with Gasteiger partial charge in [0.25, 0.3) is 0 Å². The largest absolute Gasteiger partial charge is 0.466 e. The van der Waals surface area contributed by atoms with Gasteiger partial charge in [-0.05, 0) is 54.7 Å². The number of ether oxygens (including phenoxy) is 1. The Kier molecular flexibility index (Phi) is 9.90. The summed E-state index contributed by atoms with van der Waals surface area (Å²) in [6.07, 6.45) is 0.856. The number of carbonyl (C=O) groups excluding carboxylic acids is 2. The van der Waals surface area contributed by atoms with E-state index in [0.717, 1.165) is 18.4 Å². The lowest BCUT2D eigenvalue weighted by Gasteiger charge is -2.46. The van der Waals surface area contributed by atoms with E-state index < -0.39 is 36.3 Å². The highest BCUT2D eigenvalue weighted by atomic mass is 35.5. The van der Waals surface area contributed by atoms with Gasteiger partial charge in [-0.15, -0.1) is 0 Å². The number of esters is 1. The molecule has 2 rings (SSSR count). The van der Waals surface area contributed by atoms with Gasteiger partial charge in [-0.1, -0.05) is 44.5 Å². The fraction of sp³-hybridized carbons (Fsp3) is 0.692. The van der Waals surface area contributed by atoms with Crippen LogP contribution in [0, 0.1) is 11.3 Å². The van der Waals surface area contributed by atoms with Crippen molar-refractivity contribution in [2.45, 2.75) is 84.0 Å². The summed E-state index contributed by atoms with van der Waals surface area (Å²) >= 11 is 6.61. The molecule has 0 heterocycles. The Morgan fingerprint density at radius 2 is 1.97 bits per heavy atom. The van der Waals surface area contributed by atoms with Crippen LogP contribution in [0.15, 0.2) is 18.2 Å². The summed E-state index contributed by atoms with van der Waals surface area (Å²) in [4.78, 5) is 24.4. The van der Waals surface area contributed by atoms with Crippen molar-refractivity contribution in [2.24, 2.45) is 11.3 Å². The number of rotatable bonds is 10. The topological polar surface area (TPSA) is 75.6 Å². The number of nitrogens with one attached hydrogen (secondary N) is 1. The molecule has 8 heteroatoms. The Balaban J connectivity index is 2.29. The second-order valence-electron chi connectivity index (χ2n) is 10.5. The van der Waals surface area contributed by atoms with Crippen LogP contribution < -0.4 is 5.32 Å². The maximum Gasteiger partial charge on any atom is 0.307 e. The summed E-state index contributed by atoms with van der Waals surface area (Å²) in [6.45, 7) is 8.05. The van der Waals surface area contributed by atoms with Crippen molar-refractivity contribution >= 4 is 23.5 Å². The van der Waals surface area contributed by atoms with E-state index in [4.69, 9.17) is 16.3 Å². The molecule has 1 saturated carbocycles. The highest BCUT2D eigenvalue weighted by Crippen LogP contribution is 2.51. The predicted octanol–water partition coefficient (Wildman–Crippen LogP) is 5.44. The average molecular weight is 502 g/mol. The Morgan fingerprint density at radius 1 is 1.26 bits per heavy atom. The van der Waals surface area contributed by atoms with Crippen molar-refractivity contribution in [1.29, 1.82) is 0 Å². The minimum absolute atomic E-state index is 0.0301. The van der Waals surface area contributed by atoms with Crippen LogP contribution in [0.4, 0.5) is 8.78 Å². The van der Waals surface area contributed by atoms with E-state index in [1.807, 2.05) is 12.1 Å². The number of benzene rings is 1. The molecule has 0 aromatic heterocycles. The highest BCUT2D eigenvalue weighted by molar-refractivity contribution is 6.31. The van der Waals surface area contributed by atoms with Crippen molar-refractivity contribution in [2.75, 3.05) is 19.8 Å². The van der Waals surface area contributed by atoms with Crippen LogP contribution in [0.25, 0.3) is 0 Å². The maximum atomic E-state index is 14.3. The van der Waals surface area contributed by atoms with Crippen LogP contribution in [0.2, 0.25) is 5.02 Å². The lowest BCUT2D eigenvalue weighted by Crippen LogP contribution is -2.49. The van der Waals surface area contributed by atoms with E-state index in [1.54, 1.807) is 13.0 Å². The van der Waals surface area contributed by atoms with Gasteiger partial charge in [0.2, 0.25) is 11.8 Å². The third-order valence-corrected chi connectivity index (χ3v) is 7.04. The summed E-state index contributed by atoms with van der Waals surface area (Å²) in [7, 11) is 0. The number of aryl methyl sites for hydroxylation is 1. The van der Waals surface area contributed by atoms with Crippen molar-refractivity contribution in [3.05, 3.63) is 34.3 Å². The third-order valence-electron chi connectivity index (χ3n) is 6.69. The Morgan fingerprint density at radius 3 is 2.56 bits per heavy atom. The highest BCUT2D eigenvalue weighted by Gasteiger charge is 2.51. The van der Waals surface area contributed by atoms with E-state index in [2.05, 4.69) is 26.1 Å². The van der Waals surface area contributed by atoms with Gasteiger partial charge in [0.15, 0.2) is 0 Å². The molecule has 192 valence electrons. The number of alkyl halides is 2. The first-order chi connectivity index (χ1) is 15.8. The van der Waals surface area contributed by atoms with Gasteiger partial charge in [0.1, 0.15) is 0 Å². The van der Waals surface area contributed by atoms with Crippen LogP contribution in [0.5, 0.6) is 0 Å². The molecule has 2 atom stereocenters. The molecule has 0 aliphatic heterocycles. The quantitative estimate of drug-likeness (QED) is 0.418.